The summed E-state index contributed by atoms with van der Waals surface area (Å²) in [5.74, 6) is 0.939. The number of hydrogen-bond acceptors (Lipinski definition) is 3. The highest BCUT2D eigenvalue weighted by molar-refractivity contribution is 9.10. The zero-order valence-corrected chi connectivity index (χ0v) is 16.1. The molecule has 2 aromatic rings. The maximum atomic E-state index is 6.04. The van der Waals surface area contributed by atoms with E-state index in [2.05, 4.69) is 68.5 Å². The van der Waals surface area contributed by atoms with Gasteiger partial charge in [-0.15, -0.1) is 11.3 Å². The Morgan fingerprint density at radius 2 is 2.10 bits per heavy atom. The number of hydrogen-bond donors (Lipinski definition) is 1. The molecule has 0 saturated heterocycles. The summed E-state index contributed by atoms with van der Waals surface area (Å²) in [6.45, 7) is 5.94. The first kappa shape index (κ1) is 17.0. The maximum Gasteiger partial charge on any atom is 0.124 e. The van der Waals surface area contributed by atoms with Crippen LogP contribution in [0.3, 0.4) is 0 Å². The summed E-state index contributed by atoms with van der Waals surface area (Å²) >= 11 is 8.79. The molecule has 1 heterocycles. The van der Waals surface area contributed by atoms with E-state index in [4.69, 9.17) is 4.74 Å². The van der Waals surface area contributed by atoms with Gasteiger partial charge >= 0.3 is 0 Å². The van der Waals surface area contributed by atoms with Gasteiger partial charge in [0, 0.05) is 20.6 Å². The third kappa shape index (κ3) is 4.81. The quantitative estimate of drug-likeness (QED) is 0.586. The van der Waals surface area contributed by atoms with Crippen molar-refractivity contribution in [2.75, 3.05) is 6.54 Å². The minimum Gasteiger partial charge on any atom is -0.488 e. The lowest BCUT2D eigenvalue weighted by Gasteiger charge is -2.18. The Hall–Kier alpha value is -0.360. The Kier molecular flexibility index (Phi) is 6.74. The van der Waals surface area contributed by atoms with Crippen molar-refractivity contribution in [1.29, 1.82) is 0 Å². The van der Waals surface area contributed by atoms with E-state index in [0.717, 1.165) is 27.7 Å². The monoisotopic (exact) mass is 431 g/mol. The first-order valence-electron chi connectivity index (χ1n) is 6.99. The van der Waals surface area contributed by atoms with Gasteiger partial charge in [-0.2, -0.15) is 0 Å². The van der Waals surface area contributed by atoms with Gasteiger partial charge in [0.05, 0.1) is 4.88 Å². The summed E-state index contributed by atoms with van der Waals surface area (Å²) in [4.78, 5) is 1.21. The molecule has 1 N–H and O–H groups in total. The zero-order chi connectivity index (χ0) is 15.2. The molecule has 0 fully saturated rings. The van der Waals surface area contributed by atoms with Crippen molar-refractivity contribution in [1.82, 2.24) is 5.32 Å². The minimum absolute atomic E-state index is 0.268. The van der Waals surface area contributed by atoms with Crippen molar-refractivity contribution in [2.24, 2.45) is 0 Å². The summed E-state index contributed by atoms with van der Waals surface area (Å²) < 4.78 is 8.23. The van der Waals surface area contributed by atoms with Gasteiger partial charge in [-0.05, 0) is 65.5 Å². The fraction of sp³-hybridized carbons (Fsp3) is 0.375. The van der Waals surface area contributed by atoms with Crippen molar-refractivity contribution >= 4 is 43.2 Å². The molecule has 114 valence electrons. The highest BCUT2D eigenvalue weighted by atomic mass is 79.9. The second-order valence-electron chi connectivity index (χ2n) is 4.84. The van der Waals surface area contributed by atoms with Crippen molar-refractivity contribution in [3.05, 3.63) is 49.0 Å². The first-order chi connectivity index (χ1) is 10.1. The van der Waals surface area contributed by atoms with E-state index in [1.54, 1.807) is 11.3 Å². The van der Waals surface area contributed by atoms with Gasteiger partial charge in [-0.25, -0.2) is 0 Å². The van der Waals surface area contributed by atoms with Gasteiger partial charge in [0.25, 0.3) is 0 Å². The van der Waals surface area contributed by atoms with Gasteiger partial charge in [-0.1, -0.05) is 22.9 Å². The average Bonchev–Trinajstić information content (AvgIpc) is 2.88. The Bertz CT molecular complexity index is 585. The molecule has 0 aliphatic heterocycles. The SMILES string of the molecule is CCCNC(C)c1cc(Br)ccc1OCc1sccc1Br. The molecule has 1 atom stereocenters. The minimum atomic E-state index is 0.268. The topological polar surface area (TPSA) is 21.3 Å². The third-order valence-electron chi connectivity index (χ3n) is 3.19. The fourth-order valence-corrected chi connectivity index (χ4v) is 3.79. The van der Waals surface area contributed by atoms with Crippen LogP contribution in [0.4, 0.5) is 0 Å². The van der Waals surface area contributed by atoms with Gasteiger partial charge in [0.2, 0.25) is 0 Å². The van der Waals surface area contributed by atoms with E-state index < -0.39 is 0 Å². The van der Waals surface area contributed by atoms with E-state index in [-0.39, 0.29) is 6.04 Å². The molecule has 2 rings (SSSR count). The smallest absolute Gasteiger partial charge is 0.124 e. The van der Waals surface area contributed by atoms with Crippen molar-refractivity contribution in [2.45, 2.75) is 32.9 Å². The third-order valence-corrected chi connectivity index (χ3v) is 5.58. The molecule has 0 aliphatic rings. The Balaban J connectivity index is 2.12. The number of benzene rings is 1. The predicted octanol–water partition coefficient (Wildman–Crippen LogP) is 5.91. The van der Waals surface area contributed by atoms with Crippen molar-refractivity contribution in [3.8, 4) is 5.75 Å². The fourth-order valence-electron chi connectivity index (χ4n) is 2.03. The number of thiophene rings is 1. The molecule has 0 radical (unpaired) electrons. The molecule has 5 heteroatoms. The summed E-state index contributed by atoms with van der Waals surface area (Å²) in [6.07, 6.45) is 1.12. The van der Waals surface area contributed by atoms with Gasteiger partial charge in [0.1, 0.15) is 12.4 Å². The van der Waals surface area contributed by atoms with E-state index in [1.807, 2.05) is 12.1 Å². The zero-order valence-electron chi connectivity index (χ0n) is 12.2. The van der Waals surface area contributed by atoms with Crippen LogP contribution in [0.25, 0.3) is 0 Å². The molecule has 2 nitrogen and oxygen atoms in total. The lowest BCUT2D eigenvalue weighted by Crippen LogP contribution is -2.20. The average molecular weight is 433 g/mol. The number of nitrogens with one attached hydrogen (secondary N) is 1. The lowest BCUT2D eigenvalue weighted by molar-refractivity contribution is 0.302. The Labute approximate surface area is 147 Å². The highest BCUT2D eigenvalue weighted by Crippen LogP contribution is 2.31. The summed E-state index contributed by atoms with van der Waals surface area (Å²) in [7, 11) is 0. The Morgan fingerprint density at radius 3 is 2.76 bits per heavy atom. The van der Waals surface area contributed by atoms with Crippen LogP contribution < -0.4 is 10.1 Å². The second-order valence-corrected chi connectivity index (χ2v) is 7.61. The molecule has 0 spiro atoms. The van der Waals surface area contributed by atoms with Crippen LogP contribution in [0.15, 0.2) is 38.6 Å². The van der Waals surface area contributed by atoms with Crippen LogP contribution in [-0.4, -0.2) is 6.54 Å². The standard InChI is InChI=1S/C16H19Br2NOS/c1-3-7-19-11(2)13-9-12(17)4-5-15(13)20-10-16-14(18)6-8-21-16/h4-6,8-9,11,19H,3,7,10H2,1-2H3. The van der Waals surface area contributed by atoms with Crippen LogP contribution in [0.1, 0.15) is 36.8 Å². The lowest BCUT2D eigenvalue weighted by atomic mass is 10.1. The van der Waals surface area contributed by atoms with E-state index in [9.17, 15) is 0 Å². The molecule has 1 aromatic heterocycles. The summed E-state index contributed by atoms with van der Waals surface area (Å²) in [5, 5.41) is 5.58. The van der Waals surface area contributed by atoms with Crippen LogP contribution in [0.5, 0.6) is 5.75 Å². The molecular weight excluding hydrogens is 414 g/mol. The molecule has 0 amide bonds. The normalized spacial score (nSPS) is 12.4. The van der Waals surface area contributed by atoms with Crippen LogP contribution in [-0.2, 0) is 6.61 Å². The molecule has 1 aromatic carbocycles. The molecule has 1 unspecified atom stereocenters. The maximum absolute atomic E-state index is 6.04. The van der Waals surface area contributed by atoms with Gasteiger partial charge < -0.3 is 10.1 Å². The first-order valence-corrected chi connectivity index (χ1v) is 9.46. The van der Waals surface area contributed by atoms with Gasteiger partial charge in [-0.3, -0.25) is 0 Å². The predicted molar refractivity (Wildman–Crippen MR) is 97.2 cm³/mol. The second kappa shape index (κ2) is 8.32. The van der Waals surface area contributed by atoms with Crippen LogP contribution >= 0.6 is 43.2 Å². The highest BCUT2D eigenvalue weighted by Gasteiger charge is 2.13. The summed E-state index contributed by atoms with van der Waals surface area (Å²) in [5.41, 5.74) is 1.19. The van der Waals surface area contributed by atoms with E-state index in [1.165, 1.54) is 10.4 Å². The van der Waals surface area contributed by atoms with Crippen LogP contribution in [0.2, 0.25) is 0 Å². The molecule has 0 aliphatic carbocycles. The number of ether oxygens (including phenoxy) is 1. The van der Waals surface area contributed by atoms with E-state index in [0.29, 0.717) is 6.61 Å². The summed E-state index contributed by atoms with van der Waals surface area (Å²) in [6, 6.07) is 8.51. The molecular formula is C16H19Br2NOS. The van der Waals surface area contributed by atoms with E-state index >= 15 is 0 Å². The number of halogens is 2. The van der Waals surface area contributed by atoms with Crippen molar-refractivity contribution in [3.63, 3.8) is 0 Å². The van der Waals surface area contributed by atoms with Crippen molar-refractivity contribution < 1.29 is 4.74 Å². The molecule has 21 heavy (non-hydrogen) atoms. The molecule has 0 saturated carbocycles. The molecule has 0 bridgehead atoms. The van der Waals surface area contributed by atoms with Gasteiger partial charge in [0.15, 0.2) is 0 Å². The Morgan fingerprint density at radius 1 is 1.29 bits per heavy atom. The largest absolute Gasteiger partial charge is 0.488 e. The van der Waals surface area contributed by atoms with Crippen LogP contribution in [0, 0.1) is 0 Å². The number of rotatable bonds is 7.